The van der Waals surface area contributed by atoms with E-state index in [4.69, 9.17) is 0 Å². The fraction of sp³-hybridized carbons (Fsp3) is 0.286. The summed E-state index contributed by atoms with van der Waals surface area (Å²) in [4.78, 5) is 12.3. The van der Waals surface area contributed by atoms with Gasteiger partial charge in [-0.15, -0.1) is 0 Å². The first-order valence-corrected chi connectivity index (χ1v) is 6.64. The van der Waals surface area contributed by atoms with E-state index >= 15 is 0 Å². The van der Waals surface area contributed by atoms with Crippen molar-refractivity contribution in [3.05, 3.63) is 35.2 Å². The van der Waals surface area contributed by atoms with Crippen molar-refractivity contribution in [1.29, 1.82) is 0 Å². The number of fused-ring (bicyclic) bond motifs is 1. The maximum absolute atomic E-state index is 12.3. The van der Waals surface area contributed by atoms with Crippen molar-refractivity contribution in [2.75, 3.05) is 5.32 Å². The second-order valence-corrected chi connectivity index (χ2v) is 4.99. The van der Waals surface area contributed by atoms with E-state index in [0.29, 0.717) is 17.6 Å². The van der Waals surface area contributed by atoms with Crippen molar-refractivity contribution in [1.82, 2.24) is 25.2 Å². The number of para-hydroxylation sites is 1. The fourth-order valence-electron chi connectivity index (χ4n) is 2.40. The Labute approximate surface area is 121 Å². The van der Waals surface area contributed by atoms with Crippen molar-refractivity contribution in [3.8, 4) is 0 Å². The number of carbonyl (C=O) groups excluding carboxylic acids is 1. The van der Waals surface area contributed by atoms with Gasteiger partial charge in [-0.05, 0) is 26.0 Å². The summed E-state index contributed by atoms with van der Waals surface area (Å²) in [6.45, 7) is 3.87. The minimum absolute atomic E-state index is 0.0929. The Hall–Kier alpha value is -2.70. The Morgan fingerprint density at radius 2 is 2.14 bits per heavy atom. The number of hydrogen-bond donors (Lipinski definition) is 2. The third kappa shape index (κ3) is 2.37. The highest BCUT2D eigenvalue weighted by Gasteiger charge is 2.15. The minimum Gasteiger partial charge on any atom is -0.324 e. The summed E-state index contributed by atoms with van der Waals surface area (Å²) >= 11 is 0. The normalized spacial score (nSPS) is 11.0. The Balaban J connectivity index is 1.82. The first-order valence-electron chi connectivity index (χ1n) is 6.64. The van der Waals surface area contributed by atoms with Crippen LogP contribution in [0.3, 0.4) is 0 Å². The van der Waals surface area contributed by atoms with Gasteiger partial charge in [-0.25, -0.2) is 0 Å². The van der Waals surface area contributed by atoms with Gasteiger partial charge < -0.3 is 5.32 Å². The van der Waals surface area contributed by atoms with Crippen LogP contribution in [0.15, 0.2) is 18.2 Å². The van der Waals surface area contributed by atoms with Crippen LogP contribution in [0, 0.1) is 13.8 Å². The SMILES string of the molecule is Cc1nn(C)c(C)c1CC(=O)Nc1cccc2n[nH]nc12. The first-order chi connectivity index (χ1) is 10.1. The zero-order valence-electron chi connectivity index (χ0n) is 12.1. The Bertz CT molecular complexity index is 816. The van der Waals surface area contributed by atoms with Gasteiger partial charge in [0.2, 0.25) is 5.91 Å². The molecule has 2 heterocycles. The lowest BCUT2D eigenvalue weighted by molar-refractivity contribution is -0.115. The van der Waals surface area contributed by atoms with Gasteiger partial charge in [-0.2, -0.15) is 20.5 Å². The van der Waals surface area contributed by atoms with Crippen LogP contribution in [0.25, 0.3) is 11.0 Å². The lowest BCUT2D eigenvalue weighted by atomic mass is 10.1. The van der Waals surface area contributed by atoms with Gasteiger partial charge in [0.25, 0.3) is 0 Å². The minimum atomic E-state index is -0.0929. The van der Waals surface area contributed by atoms with Gasteiger partial charge in [0, 0.05) is 18.3 Å². The second-order valence-electron chi connectivity index (χ2n) is 4.99. The van der Waals surface area contributed by atoms with E-state index in [1.54, 1.807) is 4.68 Å². The Kier molecular flexibility index (Phi) is 3.17. The van der Waals surface area contributed by atoms with Gasteiger partial charge in [0.1, 0.15) is 11.0 Å². The van der Waals surface area contributed by atoms with Gasteiger partial charge in [0.15, 0.2) is 0 Å². The van der Waals surface area contributed by atoms with Crippen LogP contribution in [0.5, 0.6) is 0 Å². The molecular weight excluding hydrogens is 268 g/mol. The average molecular weight is 284 g/mol. The van der Waals surface area contributed by atoms with Crippen LogP contribution in [0.4, 0.5) is 5.69 Å². The van der Waals surface area contributed by atoms with E-state index in [0.717, 1.165) is 22.5 Å². The molecule has 21 heavy (non-hydrogen) atoms. The van der Waals surface area contributed by atoms with Gasteiger partial charge in [-0.1, -0.05) is 6.07 Å². The van der Waals surface area contributed by atoms with Gasteiger partial charge >= 0.3 is 0 Å². The maximum atomic E-state index is 12.3. The van der Waals surface area contributed by atoms with E-state index < -0.39 is 0 Å². The molecule has 0 aliphatic heterocycles. The lowest BCUT2D eigenvalue weighted by Crippen LogP contribution is -2.15. The molecule has 0 aliphatic rings. The molecule has 0 spiro atoms. The number of anilines is 1. The predicted molar refractivity (Wildman–Crippen MR) is 78.9 cm³/mol. The quantitative estimate of drug-likeness (QED) is 0.762. The van der Waals surface area contributed by atoms with E-state index in [-0.39, 0.29) is 5.91 Å². The van der Waals surface area contributed by atoms with Crippen molar-refractivity contribution in [2.45, 2.75) is 20.3 Å². The molecule has 108 valence electrons. The molecule has 0 saturated carbocycles. The van der Waals surface area contributed by atoms with Crippen LogP contribution < -0.4 is 5.32 Å². The number of H-pyrrole nitrogens is 1. The largest absolute Gasteiger partial charge is 0.324 e. The molecule has 1 aromatic carbocycles. The smallest absolute Gasteiger partial charge is 0.228 e. The van der Waals surface area contributed by atoms with Gasteiger partial charge in [-0.3, -0.25) is 9.48 Å². The molecule has 0 fully saturated rings. The number of benzene rings is 1. The highest BCUT2D eigenvalue weighted by molar-refractivity contribution is 5.99. The van der Waals surface area contributed by atoms with E-state index in [2.05, 4.69) is 25.8 Å². The number of aromatic nitrogens is 5. The summed E-state index contributed by atoms with van der Waals surface area (Å²) in [6, 6.07) is 5.48. The molecule has 2 N–H and O–H groups in total. The molecule has 0 saturated heterocycles. The second kappa shape index (κ2) is 5.01. The van der Waals surface area contributed by atoms with E-state index in [1.807, 2.05) is 39.1 Å². The van der Waals surface area contributed by atoms with Crippen LogP contribution >= 0.6 is 0 Å². The molecule has 2 aromatic heterocycles. The zero-order valence-corrected chi connectivity index (χ0v) is 12.1. The number of nitrogens with one attached hydrogen (secondary N) is 2. The number of amides is 1. The third-order valence-electron chi connectivity index (χ3n) is 3.62. The summed E-state index contributed by atoms with van der Waals surface area (Å²) in [5, 5.41) is 17.8. The molecular formula is C14H16N6O. The monoisotopic (exact) mass is 284 g/mol. The van der Waals surface area contributed by atoms with E-state index in [9.17, 15) is 4.79 Å². The molecule has 7 nitrogen and oxygen atoms in total. The number of aromatic amines is 1. The maximum Gasteiger partial charge on any atom is 0.228 e. The molecule has 7 heteroatoms. The number of carbonyl (C=O) groups is 1. The highest BCUT2D eigenvalue weighted by atomic mass is 16.1. The molecule has 0 atom stereocenters. The topological polar surface area (TPSA) is 88.5 Å². The van der Waals surface area contributed by atoms with Crippen molar-refractivity contribution in [3.63, 3.8) is 0 Å². The molecule has 0 radical (unpaired) electrons. The number of rotatable bonds is 3. The van der Waals surface area contributed by atoms with Crippen LogP contribution in [0.2, 0.25) is 0 Å². The predicted octanol–water partition coefficient (Wildman–Crippen LogP) is 1.49. The fourth-order valence-corrected chi connectivity index (χ4v) is 2.40. The summed E-state index contributed by atoms with van der Waals surface area (Å²) in [5.41, 5.74) is 4.88. The summed E-state index contributed by atoms with van der Waals surface area (Å²) < 4.78 is 1.79. The number of aryl methyl sites for hydroxylation is 2. The van der Waals surface area contributed by atoms with Crippen molar-refractivity contribution in [2.24, 2.45) is 7.05 Å². The Morgan fingerprint density at radius 1 is 1.33 bits per heavy atom. The first kappa shape index (κ1) is 13.3. The average Bonchev–Trinajstić information content (AvgIpc) is 3.00. The van der Waals surface area contributed by atoms with Gasteiger partial charge in [0.05, 0.1) is 17.8 Å². The third-order valence-corrected chi connectivity index (χ3v) is 3.62. The standard InChI is InChI=1S/C14H16N6O/c1-8-10(9(2)20(3)18-8)7-13(21)15-11-5-4-6-12-14(11)17-19-16-12/h4-6H,7H2,1-3H3,(H,15,21)(H,16,17,19). The van der Waals surface area contributed by atoms with Crippen LogP contribution in [-0.2, 0) is 18.3 Å². The van der Waals surface area contributed by atoms with E-state index in [1.165, 1.54) is 0 Å². The zero-order chi connectivity index (χ0) is 15.0. The molecule has 0 unspecified atom stereocenters. The number of hydrogen-bond acceptors (Lipinski definition) is 4. The molecule has 3 rings (SSSR count). The molecule has 0 aliphatic carbocycles. The van der Waals surface area contributed by atoms with Crippen molar-refractivity contribution < 1.29 is 4.79 Å². The highest BCUT2D eigenvalue weighted by Crippen LogP contribution is 2.19. The summed E-state index contributed by atoms with van der Waals surface area (Å²) in [5.74, 6) is -0.0929. The molecule has 3 aromatic rings. The Morgan fingerprint density at radius 3 is 2.86 bits per heavy atom. The lowest BCUT2D eigenvalue weighted by Gasteiger charge is -2.06. The van der Waals surface area contributed by atoms with Crippen LogP contribution in [0.1, 0.15) is 17.0 Å². The molecule has 0 bridgehead atoms. The summed E-state index contributed by atoms with van der Waals surface area (Å²) in [7, 11) is 1.87. The molecule has 1 amide bonds. The number of nitrogens with zero attached hydrogens (tertiary/aromatic N) is 4. The van der Waals surface area contributed by atoms with Crippen LogP contribution in [-0.4, -0.2) is 31.1 Å². The summed E-state index contributed by atoms with van der Waals surface area (Å²) in [6.07, 6.45) is 0.291. The van der Waals surface area contributed by atoms with Crippen molar-refractivity contribution >= 4 is 22.6 Å².